The van der Waals surface area contributed by atoms with Crippen molar-refractivity contribution in [1.82, 2.24) is 5.32 Å². The molecule has 1 aromatic carbocycles. The minimum atomic E-state index is 0.405. The molecule has 110 valence electrons. The fourth-order valence-electron chi connectivity index (χ4n) is 4.13. The van der Waals surface area contributed by atoms with Crippen LogP contribution in [0.5, 0.6) is 5.75 Å². The van der Waals surface area contributed by atoms with Crippen LogP contribution >= 0.6 is 0 Å². The second-order valence-corrected chi connectivity index (χ2v) is 7.00. The van der Waals surface area contributed by atoms with Crippen molar-refractivity contribution in [2.45, 2.75) is 64.5 Å². The lowest BCUT2D eigenvalue weighted by atomic mass is 9.78. The molecule has 3 rings (SSSR count). The monoisotopic (exact) mass is 273 g/mol. The quantitative estimate of drug-likeness (QED) is 0.847. The number of aryl methyl sites for hydroxylation is 1. The Morgan fingerprint density at radius 2 is 2.00 bits per heavy atom. The second-order valence-electron chi connectivity index (χ2n) is 7.00. The Hall–Kier alpha value is -1.02. The van der Waals surface area contributed by atoms with Gasteiger partial charge in [0.1, 0.15) is 5.75 Å². The molecule has 0 heterocycles. The summed E-state index contributed by atoms with van der Waals surface area (Å²) in [5.41, 5.74) is 2.76. The molecule has 0 bridgehead atoms. The molecule has 0 radical (unpaired) electrons. The van der Waals surface area contributed by atoms with Gasteiger partial charge in [0.25, 0.3) is 0 Å². The summed E-state index contributed by atoms with van der Waals surface area (Å²) < 4.78 is 0. The Labute approximate surface area is 122 Å². The number of benzene rings is 1. The van der Waals surface area contributed by atoms with E-state index in [0.29, 0.717) is 17.8 Å². The van der Waals surface area contributed by atoms with Gasteiger partial charge < -0.3 is 10.4 Å². The third-order valence-electron chi connectivity index (χ3n) is 5.29. The number of hydrogen-bond donors (Lipinski definition) is 2. The Kier molecular flexibility index (Phi) is 4.02. The number of rotatable bonds is 2. The summed E-state index contributed by atoms with van der Waals surface area (Å²) in [4.78, 5) is 0. The maximum absolute atomic E-state index is 9.77. The van der Waals surface area contributed by atoms with E-state index in [1.54, 1.807) is 0 Å². The van der Waals surface area contributed by atoms with Crippen molar-refractivity contribution in [3.63, 3.8) is 0 Å². The molecule has 0 amide bonds. The zero-order valence-electron chi connectivity index (χ0n) is 12.7. The first-order chi connectivity index (χ1) is 9.63. The van der Waals surface area contributed by atoms with Gasteiger partial charge in [-0.2, -0.15) is 0 Å². The predicted molar refractivity (Wildman–Crippen MR) is 82.9 cm³/mol. The molecule has 0 spiro atoms. The highest BCUT2D eigenvalue weighted by Crippen LogP contribution is 2.35. The predicted octanol–water partition coefficient (Wildman–Crippen LogP) is 4.18. The lowest BCUT2D eigenvalue weighted by Gasteiger charge is -2.37. The van der Waals surface area contributed by atoms with Crippen LogP contribution in [0.4, 0.5) is 0 Å². The molecular weight excluding hydrogens is 246 g/mol. The fourth-order valence-corrected chi connectivity index (χ4v) is 4.13. The summed E-state index contributed by atoms with van der Waals surface area (Å²) in [5.74, 6) is 2.05. The van der Waals surface area contributed by atoms with E-state index >= 15 is 0 Å². The van der Waals surface area contributed by atoms with E-state index < -0.39 is 0 Å². The van der Waals surface area contributed by atoms with Crippen molar-refractivity contribution in [3.05, 3.63) is 29.3 Å². The topological polar surface area (TPSA) is 32.3 Å². The van der Waals surface area contributed by atoms with E-state index in [1.807, 2.05) is 12.1 Å². The van der Waals surface area contributed by atoms with Gasteiger partial charge in [-0.25, -0.2) is 0 Å². The number of phenolic OH excluding ortho intramolecular Hbond substituents is 1. The maximum Gasteiger partial charge on any atom is 0.115 e. The standard InChI is InChI=1S/C18H27NO/c1-12-6-9-17(13(2)10-12)19-18-5-3-4-14-7-8-15(20)11-16(14)18/h7-8,11-13,17-20H,3-6,9-10H2,1-2H3. The van der Waals surface area contributed by atoms with E-state index in [4.69, 9.17) is 0 Å². The Morgan fingerprint density at radius 1 is 1.15 bits per heavy atom. The van der Waals surface area contributed by atoms with Gasteiger partial charge in [0.05, 0.1) is 0 Å². The van der Waals surface area contributed by atoms with Gasteiger partial charge in [0.2, 0.25) is 0 Å². The lowest BCUT2D eigenvalue weighted by Crippen LogP contribution is -2.41. The van der Waals surface area contributed by atoms with Gasteiger partial charge >= 0.3 is 0 Å². The molecule has 1 aromatic rings. The summed E-state index contributed by atoms with van der Waals surface area (Å²) in [6.45, 7) is 4.76. The highest BCUT2D eigenvalue weighted by molar-refractivity contribution is 5.38. The molecule has 4 atom stereocenters. The number of aromatic hydroxyl groups is 1. The third-order valence-corrected chi connectivity index (χ3v) is 5.29. The van der Waals surface area contributed by atoms with Gasteiger partial charge in [0, 0.05) is 12.1 Å². The van der Waals surface area contributed by atoms with Crippen LogP contribution in [0.3, 0.4) is 0 Å². The van der Waals surface area contributed by atoms with Crippen molar-refractivity contribution in [1.29, 1.82) is 0 Å². The molecule has 2 aliphatic carbocycles. The maximum atomic E-state index is 9.77. The molecule has 1 saturated carbocycles. The van der Waals surface area contributed by atoms with Crippen molar-refractivity contribution >= 4 is 0 Å². The smallest absolute Gasteiger partial charge is 0.115 e. The molecule has 2 N–H and O–H groups in total. The van der Waals surface area contributed by atoms with E-state index in [-0.39, 0.29) is 0 Å². The van der Waals surface area contributed by atoms with Crippen LogP contribution in [-0.2, 0) is 6.42 Å². The lowest BCUT2D eigenvalue weighted by molar-refractivity contribution is 0.208. The van der Waals surface area contributed by atoms with Crippen LogP contribution in [0.25, 0.3) is 0 Å². The third kappa shape index (κ3) is 2.85. The molecule has 2 heteroatoms. The number of phenols is 1. The molecule has 0 saturated heterocycles. The molecule has 2 nitrogen and oxygen atoms in total. The summed E-state index contributed by atoms with van der Waals surface area (Å²) >= 11 is 0. The average Bonchev–Trinajstić information content (AvgIpc) is 2.42. The SMILES string of the molecule is CC1CCC(NC2CCCc3ccc(O)cc32)C(C)C1. The van der Waals surface area contributed by atoms with E-state index in [0.717, 1.165) is 18.3 Å². The van der Waals surface area contributed by atoms with Crippen molar-refractivity contribution in [2.75, 3.05) is 0 Å². The highest BCUT2D eigenvalue weighted by atomic mass is 16.3. The van der Waals surface area contributed by atoms with Gasteiger partial charge in [-0.3, -0.25) is 0 Å². The Bertz CT molecular complexity index is 470. The van der Waals surface area contributed by atoms with Crippen LogP contribution in [-0.4, -0.2) is 11.1 Å². The first kappa shape index (κ1) is 13.9. The van der Waals surface area contributed by atoms with Gasteiger partial charge in [-0.05, 0) is 73.6 Å². The molecular formula is C18H27NO. The Morgan fingerprint density at radius 3 is 2.80 bits per heavy atom. The largest absolute Gasteiger partial charge is 0.508 e. The number of fused-ring (bicyclic) bond motifs is 1. The summed E-state index contributed by atoms with van der Waals surface area (Å²) in [6.07, 6.45) is 7.61. The molecule has 2 aliphatic rings. The molecule has 4 unspecified atom stereocenters. The first-order valence-electron chi connectivity index (χ1n) is 8.21. The summed E-state index contributed by atoms with van der Waals surface area (Å²) in [7, 11) is 0. The van der Waals surface area contributed by atoms with Crippen LogP contribution < -0.4 is 5.32 Å². The van der Waals surface area contributed by atoms with Crippen LogP contribution in [0.2, 0.25) is 0 Å². The minimum Gasteiger partial charge on any atom is -0.508 e. The van der Waals surface area contributed by atoms with E-state index in [9.17, 15) is 5.11 Å². The molecule has 0 aromatic heterocycles. The van der Waals surface area contributed by atoms with Crippen LogP contribution in [0.15, 0.2) is 18.2 Å². The second kappa shape index (κ2) is 5.77. The van der Waals surface area contributed by atoms with Crippen molar-refractivity contribution < 1.29 is 5.11 Å². The normalized spacial score (nSPS) is 33.7. The van der Waals surface area contributed by atoms with Crippen molar-refractivity contribution in [3.8, 4) is 5.75 Å². The summed E-state index contributed by atoms with van der Waals surface area (Å²) in [5, 5.41) is 13.7. The van der Waals surface area contributed by atoms with Gasteiger partial charge in [0.15, 0.2) is 0 Å². The van der Waals surface area contributed by atoms with Gasteiger partial charge in [-0.1, -0.05) is 19.9 Å². The molecule has 0 aliphatic heterocycles. The minimum absolute atomic E-state index is 0.405. The Balaban J connectivity index is 1.74. The van der Waals surface area contributed by atoms with Gasteiger partial charge in [-0.15, -0.1) is 0 Å². The average molecular weight is 273 g/mol. The van der Waals surface area contributed by atoms with Crippen LogP contribution in [0.1, 0.15) is 63.1 Å². The molecule has 1 fully saturated rings. The fraction of sp³-hybridized carbons (Fsp3) is 0.667. The highest BCUT2D eigenvalue weighted by Gasteiger charge is 2.29. The zero-order chi connectivity index (χ0) is 14.1. The van der Waals surface area contributed by atoms with Crippen LogP contribution in [0, 0.1) is 11.8 Å². The zero-order valence-corrected chi connectivity index (χ0v) is 12.7. The molecule has 20 heavy (non-hydrogen) atoms. The first-order valence-corrected chi connectivity index (χ1v) is 8.21. The number of hydrogen-bond acceptors (Lipinski definition) is 2. The van der Waals surface area contributed by atoms with E-state index in [1.165, 1.54) is 43.2 Å². The van der Waals surface area contributed by atoms with Crippen molar-refractivity contribution in [2.24, 2.45) is 11.8 Å². The summed E-state index contributed by atoms with van der Waals surface area (Å²) in [6, 6.07) is 6.98. The van der Waals surface area contributed by atoms with E-state index in [2.05, 4.69) is 25.2 Å². The number of nitrogens with one attached hydrogen (secondary N) is 1.